The molecular weight excluding hydrogens is 571 g/mol. The van der Waals surface area contributed by atoms with Crippen LogP contribution in [0.15, 0.2) is 51.7 Å². The zero-order valence-electron chi connectivity index (χ0n) is 21.9. The molecule has 3 N–H and O–H groups in total. The maximum Gasteiger partial charge on any atom is 0.490 e. The highest BCUT2D eigenvalue weighted by Crippen LogP contribution is 2.49. The van der Waals surface area contributed by atoms with Crippen molar-refractivity contribution in [2.45, 2.75) is 43.3 Å². The Morgan fingerprint density at radius 1 is 1.17 bits per heavy atom. The van der Waals surface area contributed by atoms with Crippen molar-refractivity contribution in [3.63, 3.8) is 0 Å². The second-order valence-corrected chi connectivity index (χ2v) is 11.6. The van der Waals surface area contributed by atoms with Crippen molar-refractivity contribution >= 4 is 33.1 Å². The van der Waals surface area contributed by atoms with E-state index in [2.05, 4.69) is 15.2 Å². The van der Waals surface area contributed by atoms with Gasteiger partial charge >= 0.3 is 28.0 Å². The number of benzene rings is 2. The maximum atomic E-state index is 13.6. The molecule has 1 aliphatic carbocycles. The monoisotopic (exact) mass is 599 g/mol. The second kappa shape index (κ2) is 11.6. The van der Waals surface area contributed by atoms with Gasteiger partial charge < -0.3 is 23.9 Å². The van der Waals surface area contributed by atoms with E-state index in [0.717, 1.165) is 43.3 Å². The number of hydrogen-bond donors (Lipinski definition) is 3. The molecule has 1 saturated carbocycles. The van der Waals surface area contributed by atoms with Crippen LogP contribution in [-0.2, 0) is 25.1 Å². The molecule has 15 heteroatoms. The Balaban J connectivity index is 0.000000493. The summed E-state index contributed by atoms with van der Waals surface area (Å²) in [5.74, 6) is -3.15. The van der Waals surface area contributed by atoms with Crippen LogP contribution in [0.4, 0.5) is 13.2 Å². The van der Waals surface area contributed by atoms with E-state index in [0.29, 0.717) is 30.5 Å². The van der Waals surface area contributed by atoms with Gasteiger partial charge in [-0.3, -0.25) is 9.78 Å². The second-order valence-electron chi connectivity index (χ2n) is 10.0. The number of carbonyl (C=O) groups excluding carboxylic acids is 1. The van der Waals surface area contributed by atoms with Gasteiger partial charge in [0.25, 0.3) is 0 Å². The van der Waals surface area contributed by atoms with E-state index in [-0.39, 0.29) is 17.7 Å². The number of carboxylic acids is 1. The molecule has 1 unspecified atom stereocenters. The fourth-order valence-electron chi connectivity index (χ4n) is 4.73. The summed E-state index contributed by atoms with van der Waals surface area (Å²) < 4.78 is 65.1. The van der Waals surface area contributed by atoms with E-state index < -0.39 is 33.4 Å². The molecule has 2 aliphatic rings. The van der Waals surface area contributed by atoms with Gasteiger partial charge in [-0.05, 0) is 74.2 Å². The van der Waals surface area contributed by atoms with Gasteiger partial charge in [0.2, 0.25) is 5.91 Å². The number of H-pyrrole nitrogens is 1. The summed E-state index contributed by atoms with van der Waals surface area (Å²) in [7, 11) is -3.66. The lowest BCUT2D eigenvalue weighted by Crippen LogP contribution is -2.41. The Kier molecular flexibility index (Phi) is 8.49. The van der Waals surface area contributed by atoms with Crippen molar-refractivity contribution in [2.24, 2.45) is 0 Å². The van der Waals surface area contributed by atoms with Crippen molar-refractivity contribution in [1.29, 1.82) is 0 Å². The van der Waals surface area contributed by atoms with Crippen molar-refractivity contribution in [1.82, 2.24) is 15.2 Å². The number of halogens is 3. The van der Waals surface area contributed by atoms with Gasteiger partial charge in [0.05, 0.1) is 23.2 Å². The third-order valence-corrected chi connectivity index (χ3v) is 7.35. The summed E-state index contributed by atoms with van der Waals surface area (Å²) >= 11 is 0. The molecule has 0 radical (unpaired) electrons. The Morgan fingerprint density at radius 3 is 2.41 bits per heavy atom. The molecule has 3 aromatic rings. The fraction of sp³-hybridized carbons (Fsp3) is 0.423. The lowest BCUT2D eigenvalue weighted by Gasteiger charge is -2.27. The van der Waals surface area contributed by atoms with Gasteiger partial charge in [0, 0.05) is 6.54 Å². The zero-order valence-corrected chi connectivity index (χ0v) is 22.7. The van der Waals surface area contributed by atoms with Crippen LogP contribution in [0.1, 0.15) is 42.9 Å². The highest BCUT2D eigenvalue weighted by atomic mass is 32.2. The first kappa shape index (κ1) is 30.1. The van der Waals surface area contributed by atoms with Gasteiger partial charge in [-0.2, -0.15) is 21.6 Å². The summed E-state index contributed by atoms with van der Waals surface area (Å²) in [5, 5.41) is 10.3. The molecule has 1 atom stereocenters. The summed E-state index contributed by atoms with van der Waals surface area (Å²) in [4.78, 5) is 39.0. The largest absolute Gasteiger partial charge is 0.490 e. The number of likely N-dealkylation sites (tertiary alicyclic amines) is 1. The summed E-state index contributed by atoms with van der Waals surface area (Å²) in [6, 6.07) is 11.9. The lowest BCUT2D eigenvalue weighted by atomic mass is 9.93. The van der Waals surface area contributed by atoms with Crippen LogP contribution in [0.25, 0.3) is 11.1 Å². The molecule has 11 nitrogen and oxygen atoms in total. The minimum Gasteiger partial charge on any atom is -0.475 e. The maximum absolute atomic E-state index is 13.6. The number of rotatable bonds is 8. The molecule has 0 spiro atoms. The highest BCUT2D eigenvalue weighted by molar-refractivity contribution is 7.86. The van der Waals surface area contributed by atoms with E-state index in [1.165, 1.54) is 0 Å². The van der Waals surface area contributed by atoms with E-state index in [4.69, 9.17) is 18.5 Å². The predicted molar refractivity (Wildman–Crippen MR) is 140 cm³/mol. The summed E-state index contributed by atoms with van der Waals surface area (Å²) in [6.45, 7) is 2.54. The Hall–Kier alpha value is -3.85. The van der Waals surface area contributed by atoms with Crippen LogP contribution in [0, 0.1) is 0 Å². The number of hydrogen-bond acceptors (Lipinski definition) is 8. The first-order chi connectivity index (χ1) is 19.2. The molecule has 2 aromatic carbocycles. The molecule has 5 rings (SSSR count). The average molecular weight is 600 g/mol. The van der Waals surface area contributed by atoms with Crippen LogP contribution in [-0.4, -0.2) is 67.4 Å². The van der Waals surface area contributed by atoms with Gasteiger partial charge in [-0.15, -0.1) is 0 Å². The van der Waals surface area contributed by atoms with Crippen LogP contribution < -0.4 is 15.3 Å². The van der Waals surface area contributed by atoms with Gasteiger partial charge in [0.15, 0.2) is 5.58 Å². The number of aromatic amines is 1. The number of carbonyl (C=O) groups is 2. The van der Waals surface area contributed by atoms with Gasteiger partial charge in [0.1, 0.15) is 5.75 Å². The predicted octanol–water partition coefficient (Wildman–Crippen LogP) is 3.08. The fourth-order valence-corrected chi connectivity index (χ4v) is 5.19. The standard InChI is InChI=1S/C24H27N3O6S.C2HF3O2/c1-34(30,31)33-18-6-4-5-16(13-18)20(15-27-11-2-3-12-27)25-22(28)24(9-10-24)17-7-8-21-19(14-17)26-23(29)32-21;3-2(4,5)1(6)7/h4-8,13-14,20H,2-3,9-12,15H2,1H3,(H,25,28)(H,26,29);(H,6,7). The number of oxazole rings is 1. The quantitative estimate of drug-likeness (QED) is 0.331. The van der Waals surface area contributed by atoms with E-state index in [9.17, 15) is 31.2 Å². The van der Waals surface area contributed by atoms with E-state index in [1.807, 2.05) is 18.2 Å². The van der Waals surface area contributed by atoms with Crippen molar-refractivity contribution < 1.29 is 44.9 Å². The number of aliphatic carboxylic acids is 1. The van der Waals surface area contributed by atoms with Gasteiger partial charge in [-0.1, -0.05) is 18.2 Å². The van der Waals surface area contributed by atoms with E-state index >= 15 is 0 Å². The molecule has 1 saturated heterocycles. The number of carboxylic acid groups (broad SMARTS) is 1. The van der Waals surface area contributed by atoms with E-state index in [1.54, 1.807) is 24.3 Å². The molecule has 1 aliphatic heterocycles. The molecule has 41 heavy (non-hydrogen) atoms. The van der Waals surface area contributed by atoms with Gasteiger partial charge in [-0.25, -0.2) is 9.59 Å². The lowest BCUT2D eigenvalue weighted by molar-refractivity contribution is -0.192. The SMILES string of the molecule is CS(=O)(=O)Oc1cccc(C(CN2CCCC2)NC(=O)C2(c3ccc4oc(=O)[nH]c4c3)CC2)c1.O=C(O)C(F)(F)F. The zero-order chi connectivity index (χ0) is 30.0. The Bertz CT molecular complexity index is 1590. The van der Waals surface area contributed by atoms with Crippen LogP contribution in [0.5, 0.6) is 5.75 Å². The molecule has 2 heterocycles. The molecule has 1 amide bonds. The number of alkyl halides is 3. The molecule has 1 aromatic heterocycles. The molecular formula is C26H28F3N3O8S. The third-order valence-electron chi connectivity index (χ3n) is 6.85. The first-order valence-corrected chi connectivity index (χ1v) is 14.4. The van der Waals surface area contributed by atoms with Crippen LogP contribution in [0.3, 0.4) is 0 Å². The molecule has 2 fully saturated rings. The Morgan fingerprint density at radius 2 is 1.83 bits per heavy atom. The minimum absolute atomic E-state index is 0.0867. The number of aromatic nitrogens is 1. The topological polar surface area (TPSA) is 159 Å². The Labute approximate surface area is 232 Å². The normalized spacial score (nSPS) is 17.4. The summed E-state index contributed by atoms with van der Waals surface area (Å²) in [5.41, 5.74) is 1.99. The molecule has 0 bridgehead atoms. The first-order valence-electron chi connectivity index (χ1n) is 12.6. The highest BCUT2D eigenvalue weighted by Gasteiger charge is 2.52. The third kappa shape index (κ3) is 7.67. The van der Waals surface area contributed by atoms with Crippen LogP contribution >= 0.6 is 0 Å². The smallest absolute Gasteiger partial charge is 0.475 e. The van der Waals surface area contributed by atoms with Crippen molar-refractivity contribution in [3.05, 3.63) is 64.1 Å². The minimum atomic E-state index is -5.08. The van der Waals surface area contributed by atoms with Crippen molar-refractivity contribution in [2.75, 3.05) is 25.9 Å². The summed E-state index contributed by atoms with van der Waals surface area (Å²) in [6.07, 6.45) is -0.431. The molecule has 222 valence electrons. The average Bonchev–Trinajstić information content (AvgIpc) is 3.36. The number of nitrogens with zero attached hydrogens (tertiary/aromatic N) is 1. The number of amides is 1. The van der Waals surface area contributed by atoms with Crippen LogP contribution in [0.2, 0.25) is 0 Å². The number of fused-ring (bicyclic) bond motifs is 1. The van der Waals surface area contributed by atoms with Crippen molar-refractivity contribution in [3.8, 4) is 5.75 Å². The number of nitrogens with one attached hydrogen (secondary N) is 2.